The maximum Gasteiger partial charge on any atom is 0.195 e. The van der Waals surface area contributed by atoms with Crippen LogP contribution in [0.5, 0.6) is 0 Å². The number of hydrogen-bond acceptors (Lipinski definition) is 4. The van der Waals surface area contributed by atoms with Crippen LogP contribution >= 0.6 is 36.2 Å². The molecule has 0 amide bonds. The van der Waals surface area contributed by atoms with E-state index in [-0.39, 0.29) is 5.41 Å². The second-order valence-corrected chi connectivity index (χ2v) is 9.92. The fraction of sp³-hybridized carbons (Fsp3) is 0.750. The van der Waals surface area contributed by atoms with Crippen LogP contribution in [0.3, 0.4) is 0 Å². The minimum atomic E-state index is -0.206. The second kappa shape index (κ2) is 11.4. The van der Waals surface area contributed by atoms with Gasteiger partial charge in [-0.05, 0) is 49.4 Å². The van der Waals surface area contributed by atoms with E-state index < -0.39 is 0 Å². The molecule has 0 saturated carbocycles. The zero-order valence-electron chi connectivity index (χ0n) is 16.8. The van der Waals surface area contributed by atoms with E-state index in [4.69, 9.17) is 24.4 Å². The summed E-state index contributed by atoms with van der Waals surface area (Å²) in [6.45, 7) is 11.8. The molecule has 0 radical (unpaired) electrons. The molecule has 1 atom stereocenters. The monoisotopic (exact) mass is 414 g/mol. The summed E-state index contributed by atoms with van der Waals surface area (Å²) in [5.74, 6) is 1.86. The van der Waals surface area contributed by atoms with Crippen molar-refractivity contribution < 1.29 is 4.79 Å². The lowest BCUT2D eigenvalue weighted by Gasteiger charge is -2.33. The first-order chi connectivity index (χ1) is 12.2. The smallest absolute Gasteiger partial charge is 0.195 e. The topological polar surface area (TPSA) is 37.8 Å². The van der Waals surface area contributed by atoms with Crippen LogP contribution in [0.2, 0.25) is 0 Å². The number of aryl methyl sites for hydroxylation is 1. The number of thioether (sulfide) groups is 1. The van der Waals surface area contributed by atoms with E-state index in [1.54, 1.807) is 0 Å². The minimum Gasteiger partial charge on any atom is -0.325 e. The number of H-pyrrole nitrogens is 1. The average Bonchev–Trinajstić information content (AvgIpc) is 2.54. The Morgan fingerprint density at radius 1 is 1.19 bits per heavy atom. The van der Waals surface area contributed by atoms with Crippen molar-refractivity contribution in [3.63, 3.8) is 0 Å². The van der Waals surface area contributed by atoms with Gasteiger partial charge in [0, 0.05) is 23.9 Å². The van der Waals surface area contributed by atoms with E-state index in [1.165, 1.54) is 11.8 Å². The van der Waals surface area contributed by atoms with Gasteiger partial charge in [0.2, 0.25) is 0 Å². The maximum absolute atomic E-state index is 12.7. The molecule has 1 aromatic heterocycles. The van der Waals surface area contributed by atoms with E-state index in [0.717, 1.165) is 44.4 Å². The minimum absolute atomic E-state index is 0.206. The molecule has 6 heteroatoms. The van der Waals surface area contributed by atoms with Crippen molar-refractivity contribution in [1.29, 1.82) is 0 Å². The van der Waals surface area contributed by atoms with Crippen molar-refractivity contribution >= 4 is 41.3 Å². The zero-order valence-corrected chi connectivity index (χ0v) is 19.3. The molecule has 148 valence electrons. The van der Waals surface area contributed by atoms with Gasteiger partial charge in [0.15, 0.2) is 9.89 Å². The van der Waals surface area contributed by atoms with Crippen molar-refractivity contribution in [2.75, 3.05) is 5.75 Å². The number of nitrogens with zero attached hydrogens (tertiary/aromatic N) is 1. The molecule has 3 nitrogen and oxygen atoms in total. The number of unbranched alkanes of at least 4 members (excludes halogenated alkanes) is 3. The molecular formula is C20H34N2OS3. The van der Waals surface area contributed by atoms with Gasteiger partial charge in [0.1, 0.15) is 4.64 Å². The maximum atomic E-state index is 12.7. The average molecular weight is 415 g/mol. The highest BCUT2D eigenvalue weighted by Crippen LogP contribution is 2.39. The summed E-state index contributed by atoms with van der Waals surface area (Å²) in [6, 6.07) is 1.87. The molecule has 0 aliphatic heterocycles. The van der Waals surface area contributed by atoms with E-state index in [0.29, 0.717) is 26.4 Å². The fourth-order valence-electron chi connectivity index (χ4n) is 3.09. The number of aromatic amines is 1. The summed E-state index contributed by atoms with van der Waals surface area (Å²) in [4.78, 5) is 15.7. The third-order valence-electron chi connectivity index (χ3n) is 5.00. The largest absolute Gasteiger partial charge is 0.325 e. The van der Waals surface area contributed by atoms with Gasteiger partial charge in [0.25, 0.3) is 0 Å². The van der Waals surface area contributed by atoms with E-state index in [1.807, 2.05) is 16.8 Å². The van der Waals surface area contributed by atoms with Crippen LogP contribution in [0, 0.1) is 26.7 Å². The van der Waals surface area contributed by atoms with Crippen molar-refractivity contribution in [2.24, 2.45) is 17.3 Å². The molecule has 0 bridgehead atoms. The standard InChI is InChI=1S/C20H34N2OS3/c1-15(2)14-20(5,16(3)4)18(23)26-13-9-7-6-8-11-22-12-10-17(24)21-19(22)25/h10,12,15-16H,6-9,11,13-14H2,1-5H3,(H,21,24,25). The van der Waals surface area contributed by atoms with Crippen molar-refractivity contribution in [1.82, 2.24) is 9.55 Å². The van der Waals surface area contributed by atoms with E-state index in [2.05, 4.69) is 39.6 Å². The Balaban J connectivity index is 2.28. The van der Waals surface area contributed by atoms with Gasteiger partial charge in [-0.3, -0.25) is 4.79 Å². The molecule has 0 aliphatic carbocycles. The lowest BCUT2D eigenvalue weighted by molar-refractivity contribution is -0.122. The first-order valence-electron chi connectivity index (χ1n) is 9.64. The number of aromatic nitrogens is 2. The Kier molecular flexibility index (Phi) is 10.3. The molecule has 26 heavy (non-hydrogen) atoms. The Morgan fingerprint density at radius 3 is 2.42 bits per heavy atom. The number of rotatable bonds is 11. The summed E-state index contributed by atoms with van der Waals surface area (Å²) in [7, 11) is 0. The molecule has 1 aromatic rings. The summed E-state index contributed by atoms with van der Waals surface area (Å²) in [5.41, 5.74) is -0.206. The molecular weight excluding hydrogens is 380 g/mol. The third kappa shape index (κ3) is 7.65. The Bertz CT molecular complexity index is 678. The number of nitrogens with one attached hydrogen (secondary N) is 1. The predicted molar refractivity (Wildman–Crippen MR) is 119 cm³/mol. The molecule has 0 fully saturated rings. The molecule has 0 aliphatic rings. The van der Waals surface area contributed by atoms with Gasteiger partial charge < -0.3 is 9.55 Å². The first kappa shape index (κ1) is 23.6. The van der Waals surface area contributed by atoms with Crippen molar-refractivity contribution in [3.05, 3.63) is 21.7 Å². The highest BCUT2D eigenvalue weighted by molar-refractivity contribution is 8.13. The lowest BCUT2D eigenvalue weighted by atomic mass is 9.74. The summed E-state index contributed by atoms with van der Waals surface area (Å²) >= 11 is 11.9. The van der Waals surface area contributed by atoms with Crippen LogP contribution < -0.4 is 0 Å². The van der Waals surface area contributed by atoms with Crippen LogP contribution in [0.15, 0.2) is 12.3 Å². The predicted octanol–water partition coefficient (Wildman–Crippen LogP) is 6.80. The normalized spacial score (nSPS) is 14.0. The van der Waals surface area contributed by atoms with Crippen molar-refractivity contribution in [2.45, 2.75) is 73.3 Å². The Morgan fingerprint density at radius 2 is 1.85 bits per heavy atom. The molecule has 0 saturated heterocycles. The van der Waals surface area contributed by atoms with Crippen molar-refractivity contribution in [3.8, 4) is 0 Å². The molecule has 0 aromatic carbocycles. The van der Waals surface area contributed by atoms with Crippen LogP contribution in [0.25, 0.3) is 0 Å². The number of carbonyl (C=O) groups excluding carboxylic acids is 1. The molecule has 1 heterocycles. The SMILES string of the molecule is CC(C)CC(C)(C(=O)SCCCCCCn1ccc(=S)[nH]c1=S)C(C)C. The quantitative estimate of drug-likeness (QED) is 0.319. The van der Waals surface area contributed by atoms with Gasteiger partial charge in [-0.2, -0.15) is 0 Å². The van der Waals surface area contributed by atoms with Gasteiger partial charge >= 0.3 is 0 Å². The zero-order chi connectivity index (χ0) is 19.7. The summed E-state index contributed by atoms with van der Waals surface area (Å²) in [6.07, 6.45) is 7.41. The van der Waals surface area contributed by atoms with Gasteiger partial charge in [-0.1, -0.05) is 71.4 Å². The summed E-state index contributed by atoms with van der Waals surface area (Å²) < 4.78 is 3.40. The number of hydrogen-bond donors (Lipinski definition) is 1. The van der Waals surface area contributed by atoms with Crippen LogP contribution in [0.1, 0.15) is 66.7 Å². The lowest BCUT2D eigenvalue weighted by Crippen LogP contribution is -2.33. The third-order valence-corrected chi connectivity index (χ3v) is 6.79. The molecule has 1 unspecified atom stereocenters. The van der Waals surface area contributed by atoms with Gasteiger partial charge in [-0.25, -0.2) is 0 Å². The second-order valence-electron chi connectivity index (χ2n) is 8.02. The van der Waals surface area contributed by atoms with E-state index >= 15 is 0 Å². The Hall–Kier alpha value is -0.460. The van der Waals surface area contributed by atoms with Crippen LogP contribution in [0.4, 0.5) is 0 Å². The highest BCUT2D eigenvalue weighted by atomic mass is 32.2. The van der Waals surface area contributed by atoms with E-state index in [9.17, 15) is 4.79 Å². The molecule has 1 rings (SSSR count). The van der Waals surface area contributed by atoms with Gasteiger partial charge in [0.05, 0.1) is 0 Å². The van der Waals surface area contributed by atoms with Gasteiger partial charge in [-0.15, -0.1) is 0 Å². The molecule has 1 N–H and O–H groups in total. The number of carbonyl (C=O) groups is 1. The van der Waals surface area contributed by atoms with Crippen LogP contribution in [-0.2, 0) is 11.3 Å². The molecule has 0 spiro atoms. The van der Waals surface area contributed by atoms with Crippen LogP contribution in [-0.4, -0.2) is 20.4 Å². The fourth-order valence-corrected chi connectivity index (χ4v) is 4.76. The highest BCUT2D eigenvalue weighted by Gasteiger charge is 2.36. The first-order valence-corrected chi connectivity index (χ1v) is 11.4. The Labute approximate surface area is 173 Å². The summed E-state index contributed by atoms with van der Waals surface area (Å²) in [5, 5.41) is 0.368.